The molecule has 2 N–H and O–H groups in total. The zero-order chi connectivity index (χ0) is 16.0. The van der Waals surface area contributed by atoms with Crippen molar-refractivity contribution in [2.45, 2.75) is 27.7 Å². The fourth-order valence-electron chi connectivity index (χ4n) is 1.75. The molecule has 0 saturated heterocycles. The Bertz CT molecular complexity index is 630. The maximum absolute atomic E-state index is 12.2. The number of halogens is 1. The summed E-state index contributed by atoms with van der Waals surface area (Å²) in [6.45, 7) is 7.19. The second-order valence-electron chi connectivity index (χ2n) is 4.10. The van der Waals surface area contributed by atoms with Crippen LogP contribution < -0.4 is 5.32 Å². The van der Waals surface area contributed by atoms with Crippen LogP contribution in [0.15, 0.2) is 24.4 Å². The molecule has 112 valence electrons. The normalized spacial score (nSPS) is 9.57. The molecule has 0 bridgehead atoms. The number of carbonyl (C=O) groups excluding carboxylic acids is 2. The lowest BCUT2D eigenvalue weighted by Gasteiger charge is -2.08. The Morgan fingerprint density at radius 3 is 2.52 bits per heavy atom. The Labute approximate surface area is 128 Å². The fourth-order valence-corrected chi connectivity index (χ4v) is 2.06. The number of carbonyl (C=O) groups is 2. The summed E-state index contributed by atoms with van der Waals surface area (Å²) in [5.41, 5.74) is 1.76. The summed E-state index contributed by atoms with van der Waals surface area (Å²) in [5.74, 6) is -0.573. The minimum atomic E-state index is -0.369. The topological polar surface area (TPSA) is 74.8 Å². The third kappa shape index (κ3) is 3.92. The van der Waals surface area contributed by atoms with Crippen molar-refractivity contribution in [2.75, 3.05) is 5.32 Å². The Morgan fingerprint density at radius 2 is 1.95 bits per heavy atom. The van der Waals surface area contributed by atoms with Crippen molar-refractivity contribution in [3.05, 3.63) is 46.2 Å². The smallest absolute Gasteiger partial charge is 0.257 e. The number of Topliss-reactive ketones (excluding diaryl/α,β-unsaturated/α-hetero) is 1. The SMILES string of the molecule is CC.CC(=O)c1[nH]ncc1NC(=O)c1c(C)cccc1Cl. The molecule has 1 aromatic carbocycles. The van der Waals surface area contributed by atoms with Crippen molar-refractivity contribution in [3.8, 4) is 0 Å². The van der Waals surface area contributed by atoms with Gasteiger partial charge < -0.3 is 5.32 Å². The molecule has 0 fully saturated rings. The molecule has 6 heteroatoms. The second kappa shape index (κ2) is 7.59. The van der Waals surface area contributed by atoms with Gasteiger partial charge in [-0.05, 0) is 18.6 Å². The van der Waals surface area contributed by atoms with Crippen molar-refractivity contribution in [2.24, 2.45) is 0 Å². The zero-order valence-corrected chi connectivity index (χ0v) is 13.2. The number of nitrogens with one attached hydrogen (secondary N) is 2. The van der Waals surface area contributed by atoms with E-state index < -0.39 is 0 Å². The van der Waals surface area contributed by atoms with Crippen LogP contribution in [0.25, 0.3) is 0 Å². The summed E-state index contributed by atoms with van der Waals surface area (Å²) in [6.07, 6.45) is 1.39. The van der Waals surface area contributed by atoms with Crippen LogP contribution in [0.3, 0.4) is 0 Å². The predicted molar refractivity (Wildman–Crippen MR) is 84.1 cm³/mol. The molecule has 0 unspecified atom stereocenters. The van der Waals surface area contributed by atoms with E-state index in [0.717, 1.165) is 5.56 Å². The fraction of sp³-hybridized carbons (Fsp3) is 0.267. The van der Waals surface area contributed by atoms with Crippen LogP contribution in [0.5, 0.6) is 0 Å². The maximum Gasteiger partial charge on any atom is 0.257 e. The van der Waals surface area contributed by atoms with E-state index in [1.54, 1.807) is 25.1 Å². The van der Waals surface area contributed by atoms with Gasteiger partial charge in [0.05, 0.1) is 22.5 Å². The van der Waals surface area contributed by atoms with Gasteiger partial charge in [-0.1, -0.05) is 37.6 Å². The third-order valence-electron chi connectivity index (χ3n) is 2.69. The van der Waals surface area contributed by atoms with Gasteiger partial charge in [-0.25, -0.2) is 0 Å². The average Bonchev–Trinajstić information content (AvgIpc) is 2.89. The lowest BCUT2D eigenvalue weighted by Crippen LogP contribution is -2.15. The molecule has 2 rings (SSSR count). The number of hydrogen-bond donors (Lipinski definition) is 2. The number of aromatic nitrogens is 2. The van der Waals surface area contributed by atoms with E-state index in [2.05, 4.69) is 15.5 Å². The summed E-state index contributed by atoms with van der Waals surface area (Å²) in [4.78, 5) is 23.5. The van der Waals surface area contributed by atoms with Crippen molar-refractivity contribution >= 4 is 29.0 Å². The van der Waals surface area contributed by atoms with Gasteiger partial charge in [0.2, 0.25) is 0 Å². The first-order chi connectivity index (χ1) is 10.0. The first kappa shape index (κ1) is 16.9. The summed E-state index contributed by atoms with van der Waals surface area (Å²) in [6, 6.07) is 5.21. The standard InChI is InChI=1S/C13H12ClN3O2.C2H6/c1-7-4-3-5-9(14)11(7)13(19)16-10-6-15-17-12(10)8(2)18;1-2/h3-6H,1-2H3,(H,15,17)(H,16,19);1-2H3. The van der Waals surface area contributed by atoms with Crippen molar-refractivity contribution in [1.29, 1.82) is 0 Å². The van der Waals surface area contributed by atoms with E-state index in [-0.39, 0.29) is 17.4 Å². The summed E-state index contributed by atoms with van der Waals surface area (Å²) >= 11 is 6.02. The Kier molecular flexibility index (Phi) is 6.11. The highest BCUT2D eigenvalue weighted by Gasteiger charge is 2.17. The molecule has 0 aliphatic heterocycles. The van der Waals surface area contributed by atoms with Crippen molar-refractivity contribution < 1.29 is 9.59 Å². The van der Waals surface area contributed by atoms with Crippen LogP contribution in [0, 0.1) is 6.92 Å². The zero-order valence-electron chi connectivity index (χ0n) is 12.5. The van der Waals surface area contributed by atoms with Crippen LogP contribution in [-0.4, -0.2) is 21.9 Å². The molecule has 5 nitrogen and oxygen atoms in total. The summed E-state index contributed by atoms with van der Waals surface area (Å²) < 4.78 is 0. The first-order valence-corrected chi connectivity index (χ1v) is 6.99. The minimum absolute atomic E-state index is 0.205. The van der Waals surface area contributed by atoms with Crippen LogP contribution in [-0.2, 0) is 0 Å². The molecule has 0 saturated carbocycles. The van der Waals surface area contributed by atoms with E-state index in [0.29, 0.717) is 16.3 Å². The monoisotopic (exact) mass is 307 g/mol. The highest BCUT2D eigenvalue weighted by Crippen LogP contribution is 2.21. The number of aromatic amines is 1. The number of rotatable bonds is 3. The molecule has 0 spiro atoms. The number of benzene rings is 1. The van der Waals surface area contributed by atoms with Gasteiger partial charge in [-0.15, -0.1) is 0 Å². The number of amides is 1. The molecule has 21 heavy (non-hydrogen) atoms. The van der Waals surface area contributed by atoms with Crippen LogP contribution in [0.2, 0.25) is 5.02 Å². The van der Waals surface area contributed by atoms with Crippen LogP contribution >= 0.6 is 11.6 Å². The van der Waals surface area contributed by atoms with Crippen LogP contribution in [0.4, 0.5) is 5.69 Å². The molecule has 0 radical (unpaired) electrons. The predicted octanol–water partition coefficient (Wildman–Crippen LogP) is 3.85. The lowest BCUT2D eigenvalue weighted by atomic mass is 10.1. The Morgan fingerprint density at radius 1 is 1.29 bits per heavy atom. The van der Waals surface area contributed by atoms with Crippen molar-refractivity contribution in [1.82, 2.24) is 10.2 Å². The quantitative estimate of drug-likeness (QED) is 0.846. The summed E-state index contributed by atoms with van der Waals surface area (Å²) in [7, 11) is 0. The van der Waals surface area contributed by atoms with Gasteiger partial charge in [0.15, 0.2) is 5.78 Å². The number of nitrogens with zero attached hydrogens (tertiary/aromatic N) is 1. The van der Waals surface area contributed by atoms with E-state index in [4.69, 9.17) is 11.6 Å². The third-order valence-corrected chi connectivity index (χ3v) is 3.00. The minimum Gasteiger partial charge on any atom is -0.319 e. The number of aryl methyl sites for hydroxylation is 1. The van der Waals surface area contributed by atoms with Gasteiger partial charge >= 0.3 is 0 Å². The molecule has 1 heterocycles. The molecule has 0 aliphatic rings. The Balaban J connectivity index is 0.00000106. The molecule has 1 amide bonds. The largest absolute Gasteiger partial charge is 0.319 e. The van der Waals surface area contributed by atoms with Gasteiger partial charge in [0, 0.05) is 6.92 Å². The number of hydrogen-bond acceptors (Lipinski definition) is 3. The highest BCUT2D eigenvalue weighted by atomic mass is 35.5. The van der Waals surface area contributed by atoms with Crippen molar-refractivity contribution in [3.63, 3.8) is 0 Å². The van der Waals surface area contributed by atoms with Gasteiger partial charge in [-0.3, -0.25) is 14.7 Å². The average molecular weight is 308 g/mol. The second-order valence-corrected chi connectivity index (χ2v) is 4.51. The van der Waals surface area contributed by atoms with Gasteiger partial charge in [-0.2, -0.15) is 5.10 Å². The lowest BCUT2D eigenvalue weighted by molar-refractivity contribution is 0.101. The molecule has 2 aromatic rings. The van der Waals surface area contributed by atoms with E-state index in [1.807, 2.05) is 13.8 Å². The van der Waals surface area contributed by atoms with E-state index >= 15 is 0 Å². The highest BCUT2D eigenvalue weighted by molar-refractivity contribution is 6.34. The molecular formula is C15H18ClN3O2. The molecule has 0 aliphatic carbocycles. The van der Waals surface area contributed by atoms with Gasteiger partial charge in [0.1, 0.15) is 5.69 Å². The number of H-pyrrole nitrogens is 1. The number of anilines is 1. The van der Waals surface area contributed by atoms with Crippen LogP contribution in [0.1, 0.15) is 47.2 Å². The molecule has 1 aromatic heterocycles. The number of ketones is 1. The van der Waals surface area contributed by atoms with Gasteiger partial charge in [0.25, 0.3) is 5.91 Å². The molecular weight excluding hydrogens is 290 g/mol. The maximum atomic E-state index is 12.2. The first-order valence-electron chi connectivity index (χ1n) is 6.61. The molecule has 0 atom stereocenters. The summed E-state index contributed by atoms with van der Waals surface area (Å²) in [5, 5.41) is 9.28. The van der Waals surface area contributed by atoms with E-state index in [9.17, 15) is 9.59 Å². The Hall–Kier alpha value is -2.14. The van der Waals surface area contributed by atoms with E-state index in [1.165, 1.54) is 13.1 Å².